The molecule has 1 saturated carbocycles. The molecule has 20 nitrogen and oxygen atoms in total. The molecule has 6 amide bonds. The van der Waals surface area contributed by atoms with Gasteiger partial charge in [0.2, 0.25) is 23.7 Å². The average Bonchev–Trinajstić information content (AvgIpc) is 4.09. The number of fused-ring (bicyclic) bond motifs is 2. The summed E-state index contributed by atoms with van der Waals surface area (Å²) in [5.41, 5.74) is 2.48. The number of carbonyl (C=O) groups excluding carboxylic acids is 10. The van der Waals surface area contributed by atoms with E-state index >= 15 is 0 Å². The number of Topliss-reactive ketones (excluding diaryl/α,β-unsaturated/α-hetero) is 4. The number of ketones is 4. The van der Waals surface area contributed by atoms with Gasteiger partial charge >= 0.3 is 0 Å². The van der Waals surface area contributed by atoms with Gasteiger partial charge in [0.15, 0.2) is 0 Å². The minimum atomic E-state index is -1.09. The van der Waals surface area contributed by atoms with Crippen LogP contribution in [0.25, 0.3) is 11.0 Å². The Kier molecular flexibility index (Phi) is 15.8. The summed E-state index contributed by atoms with van der Waals surface area (Å²) in [5, 5.41) is 6.16. The Balaban J connectivity index is 0.703. The van der Waals surface area contributed by atoms with Gasteiger partial charge in [0.1, 0.15) is 46.3 Å². The molecule has 1 atom stereocenters. The molecule has 0 bridgehead atoms. The van der Waals surface area contributed by atoms with Crippen LogP contribution in [-0.2, 0) is 33.6 Å². The van der Waals surface area contributed by atoms with Gasteiger partial charge in [-0.2, -0.15) is 4.98 Å². The molecule has 0 radical (unpaired) electrons. The predicted molar refractivity (Wildman–Crippen MR) is 260 cm³/mol. The first-order valence-electron chi connectivity index (χ1n) is 24.0. The Morgan fingerprint density at radius 1 is 0.775 bits per heavy atom. The third kappa shape index (κ3) is 11.7. The van der Waals surface area contributed by atoms with Crippen molar-refractivity contribution in [3.05, 3.63) is 65.6 Å². The summed E-state index contributed by atoms with van der Waals surface area (Å²) in [4.78, 5) is 148. The number of anilines is 3. The van der Waals surface area contributed by atoms with Crippen LogP contribution >= 0.6 is 11.8 Å². The summed E-state index contributed by atoms with van der Waals surface area (Å²) >= 11 is 1.21. The van der Waals surface area contributed by atoms with Crippen LogP contribution in [0.2, 0.25) is 0 Å². The Bertz CT molecular complexity index is 2800. The number of hydrogen-bond acceptors (Lipinski definition) is 16. The molecule has 8 rings (SSSR count). The van der Waals surface area contributed by atoms with Crippen LogP contribution < -0.4 is 15.5 Å². The second-order valence-corrected chi connectivity index (χ2v) is 19.6. The van der Waals surface area contributed by atoms with Crippen molar-refractivity contribution in [3.8, 4) is 0 Å². The van der Waals surface area contributed by atoms with Crippen LogP contribution in [0.5, 0.6) is 0 Å². The van der Waals surface area contributed by atoms with Gasteiger partial charge < -0.3 is 24.6 Å². The highest BCUT2D eigenvalue weighted by Crippen LogP contribution is 2.36. The Morgan fingerprint density at radius 2 is 1.45 bits per heavy atom. The van der Waals surface area contributed by atoms with Crippen LogP contribution in [0.3, 0.4) is 0 Å². The highest BCUT2D eigenvalue weighted by Gasteiger charge is 2.45. The summed E-state index contributed by atoms with van der Waals surface area (Å²) in [5.74, 6) is -2.68. The van der Waals surface area contributed by atoms with Crippen molar-refractivity contribution in [1.82, 2.24) is 39.5 Å². The fraction of sp³-hybridized carbons (Fsp3) is 0.460. The van der Waals surface area contributed by atoms with E-state index in [9.17, 15) is 47.9 Å². The molecular weight excluding hydrogens is 933 g/mol. The van der Waals surface area contributed by atoms with Gasteiger partial charge in [0.05, 0.1) is 29.4 Å². The van der Waals surface area contributed by atoms with Gasteiger partial charge in [0, 0.05) is 120 Å². The number of thioether (sulfide) groups is 1. The van der Waals surface area contributed by atoms with E-state index < -0.39 is 29.7 Å². The van der Waals surface area contributed by atoms with E-state index in [-0.39, 0.29) is 122 Å². The molecule has 3 aromatic heterocycles. The van der Waals surface area contributed by atoms with Gasteiger partial charge in [0.25, 0.3) is 17.7 Å². The number of rotatable bonds is 21. The summed E-state index contributed by atoms with van der Waals surface area (Å²) in [7, 11) is 3.48. The zero-order valence-corrected chi connectivity index (χ0v) is 40.6. The second-order valence-electron chi connectivity index (χ2n) is 18.5. The van der Waals surface area contributed by atoms with E-state index in [1.54, 1.807) is 48.4 Å². The number of imide groups is 2. The highest BCUT2D eigenvalue weighted by atomic mass is 32.2. The number of aromatic nitrogens is 4. The molecule has 3 fully saturated rings. The normalized spacial score (nSPS) is 17.2. The lowest BCUT2D eigenvalue weighted by atomic mass is 10.0. The lowest BCUT2D eigenvalue weighted by molar-refractivity contribution is -0.137. The standard InChI is InChI=1S/C50H56N10O10S/c1-56(2)48(69)39-26-30-28-52-50(55-45(30)59(39)31-6-3-4-7-31)53-41-18-10-32(29-51-41)57-21-23-58(24-22-57)43(66)27-36(64)16-15-34(62)12-11-33(61)13-14-35(63)20-25-71-40-9-5-8-37-44(40)49(70)60(47(37)68)38-17-19-42(65)54-46(38)67/h5,8-10,18,26,28-29,31,38H,3-4,6-7,11-17,19-25,27H2,1-2H3,(H,54,65,67)(H,51,52,53,55). The number of nitrogens with zero attached hydrogens (tertiary/aromatic N) is 8. The number of pyridine rings is 1. The summed E-state index contributed by atoms with van der Waals surface area (Å²) in [6.07, 6.45) is 7.07. The molecular formula is C50H56N10O10S. The first-order chi connectivity index (χ1) is 34.1. The van der Waals surface area contributed by atoms with Crippen LogP contribution in [0.4, 0.5) is 17.5 Å². The number of piperazine rings is 1. The Hall–Kier alpha value is -7.16. The average molecular weight is 989 g/mol. The zero-order valence-electron chi connectivity index (χ0n) is 39.8. The number of benzene rings is 1. The molecule has 71 heavy (non-hydrogen) atoms. The lowest BCUT2D eigenvalue weighted by Crippen LogP contribution is -2.54. The maximum atomic E-state index is 13.3. The zero-order chi connectivity index (χ0) is 50.3. The minimum Gasteiger partial charge on any atom is -0.367 e. The monoisotopic (exact) mass is 988 g/mol. The predicted octanol–water partition coefficient (Wildman–Crippen LogP) is 4.63. The third-order valence-corrected chi connectivity index (χ3v) is 14.4. The number of carbonyl (C=O) groups is 10. The summed E-state index contributed by atoms with van der Waals surface area (Å²) in [6.45, 7) is 1.89. The molecule has 6 heterocycles. The number of nitrogens with one attached hydrogen (secondary N) is 2. The molecule has 1 unspecified atom stereocenters. The molecule has 2 N–H and O–H groups in total. The molecule has 372 valence electrons. The van der Waals surface area contributed by atoms with Crippen LogP contribution in [-0.4, -0.2) is 145 Å². The molecule has 0 spiro atoms. The van der Waals surface area contributed by atoms with E-state index in [1.165, 1.54) is 17.8 Å². The SMILES string of the molecule is CN(C)C(=O)c1cc2cnc(Nc3ccc(N4CCN(C(=O)CC(=O)CCC(=O)CCC(=O)CCC(=O)CCSc5cccc6c5C(=O)N(C5CCC(=O)NC5=O)C6=O)CC4)cn3)nc2n1C1CCCC1. The van der Waals surface area contributed by atoms with Crippen LogP contribution in [0.15, 0.2) is 53.7 Å². The largest absolute Gasteiger partial charge is 0.367 e. The summed E-state index contributed by atoms with van der Waals surface area (Å²) < 4.78 is 2.06. The van der Waals surface area contributed by atoms with Crippen molar-refractivity contribution in [2.75, 3.05) is 56.2 Å². The van der Waals surface area contributed by atoms with Gasteiger partial charge in [-0.1, -0.05) is 18.9 Å². The topological polar surface area (TPSA) is 251 Å². The van der Waals surface area contributed by atoms with Crippen molar-refractivity contribution < 1.29 is 47.9 Å². The van der Waals surface area contributed by atoms with E-state index in [0.717, 1.165) is 41.7 Å². The molecule has 1 aliphatic carbocycles. The Labute approximate surface area is 413 Å². The van der Waals surface area contributed by atoms with E-state index in [2.05, 4.69) is 30.1 Å². The molecule has 4 aromatic rings. The maximum absolute atomic E-state index is 13.3. The highest BCUT2D eigenvalue weighted by molar-refractivity contribution is 7.99. The first kappa shape index (κ1) is 50.2. The van der Waals surface area contributed by atoms with Crippen molar-refractivity contribution in [1.29, 1.82) is 0 Å². The van der Waals surface area contributed by atoms with Crippen molar-refractivity contribution in [2.24, 2.45) is 0 Å². The second kappa shape index (κ2) is 22.3. The number of amides is 6. The smallest absolute Gasteiger partial charge is 0.270 e. The summed E-state index contributed by atoms with van der Waals surface area (Å²) in [6, 6.07) is 9.49. The van der Waals surface area contributed by atoms with Crippen molar-refractivity contribution >= 4 is 98.8 Å². The van der Waals surface area contributed by atoms with Crippen molar-refractivity contribution in [3.63, 3.8) is 0 Å². The first-order valence-corrected chi connectivity index (χ1v) is 25.0. The fourth-order valence-electron chi connectivity index (χ4n) is 9.43. The van der Waals surface area contributed by atoms with Gasteiger partial charge in [-0.25, -0.2) is 9.97 Å². The molecule has 21 heteroatoms. The molecule has 3 aliphatic heterocycles. The quantitative estimate of drug-likeness (QED) is 0.0656. The van der Waals surface area contributed by atoms with E-state index in [4.69, 9.17) is 4.98 Å². The molecule has 1 aromatic carbocycles. The fourth-order valence-corrected chi connectivity index (χ4v) is 10.5. The number of hydrogen-bond donors (Lipinski definition) is 2. The van der Waals surface area contributed by atoms with Crippen LogP contribution in [0, 0.1) is 0 Å². The van der Waals surface area contributed by atoms with E-state index in [1.807, 2.05) is 18.2 Å². The lowest BCUT2D eigenvalue weighted by Gasteiger charge is -2.36. The minimum absolute atomic E-state index is 0.00818. The van der Waals surface area contributed by atoms with Gasteiger partial charge in [-0.3, -0.25) is 58.2 Å². The van der Waals surface area contributed by atoms with Crippen LogP contribution in [0.1, 0.15) is 127 Å². The van der Waals surface area contributed by atoms with Gasteiger partial charge in [-0.15, -0.1) is 11.8 Å². The Morgan fingerprint density at radius 3 is 2.10 bits per heavy atom. The maximum Gasteiger partial charge on any atom is 0.270 e. The van der Waals surface area contributed by atoms with Gasteiger partial charge in [-0.05, 0) is 49.6 Å². The third-order valence-electron chi connectivity index (χ3n) is 13.3. The number of piperidine rings is 1. The molecule has 4 aliphatic rings. The molecule has 2 saturated heterocycles. The van der Waals surface area contributed by atoms with Crippen molar-refractivity contribution in [2.45, 2.75) is 107 Å². The van der Waals surface area contributed by atoms with E-state index in [0.29, 0.717) is 54.2 Å².